The van der Waals surface area contributed by atoms with Crippen LogP contribution in [-0.2, 0) is 0 Å². The Morgan fingerprint density at radius 1 is 1.20 bits per heavy atom. The van der Waals surface area contributed by atoms with Crippen LogP contribution in [0.3, 0.4) is 0 Å². The molecule has 0 aliphatic carbocycles. The third kappa shape index (κ3) is 2.59. The lowest BCUT2D eigenvalue weighted by molar-refractivity contribution is 0.223. The summed E-state index contributed by atoms with van der Waals surface area (Å²) in [5.41, 5.74) is 0.791. The van der Waals surface area contributed by atoms with Crippen LogP contribution in [0.1, 0.15) is 23.0 Å². The lowest BCUT2D eigenvalue weighted by Gasteiger charge is -2.12. The van der Waals surface area contributed by atoms with E-state index in [-0.39, 0.29) is 0 Å². The number of aliphatic hydroxyl groups excluding tert-OH is 1. The summed E-state index contributed by atoms with van der Waals surface area (Å²) in [6, 6.07) is 7.41. The van der Waals surface area contributed by atoms with Gasteiger partial charge in [0.2, 0.25) is 0 Å². The summed E-state index contributed by atoms with van der Waals surface area (Å²) >= 11 is 1.47. The minimum absolute atomic E-state index is 0.638. The van der Waals surface area contributed by atoms with Crippen molar-refractivity contribution < 1.29 is 19.3 Å². The standard InChI is InChI=1S/C15H16O4S/c1-17-11-8-14(20-9-11)15(16)10-3-4-12-13(7-10)19-6-2-5-18-12/h3-4,7-9,15-16H,2,5-6H2,1H3. The normalized spacial score (nSPS) is 15.5. The van der Waals surface area contributed by atoms with Crippen molar-refractivity contribution in [2.45, 2.75) is 12.5 Å². The average molecular weight is 292 g/mol. The lowest BCUT2D eigenvalue weighted by atomic mass is 10.1. The molecule has 1 aromatic carbocycles. The maximum Gasteiger partial charge on any atom is 0.161 e. The number of benzene rings is 1. The van der Waals surface area contributed by atoms with Gasteiger partial charge >= 0.3 is 0 Å². The summed E-state index contributed by atoms with van der Waals surface area (Å²) in [5, 5.41) is 12.3. The van der Waals surface area contributed by atoms with Gasteiger partial charge in [-0.15, -0.1) is 11.3 Å². The van der Waals surface area contributed by atoms with Gasteiger partial charge < -0.3 is 19.3 Å². The highest BCUT2D eigenvalue weighted by molar-refractivity contribution is 7.10. The first kappa shape index (κ1) is 13.3. The Labute approximate surface area is 121 Å². The highest BCUT2D eigenvalue weighted by atomic mass is 32.1. The molecule has 1 aromatic heterocycles. The number of thiophene rings is 1. The lowest BCUT2D eigenvalue weighted by Crippen LogP contribution is -1.99. The van der Waals surface area contributed by atoms with E-state index in [0.717, 1.165) is 28.4 Å². The smallest absolute Gasteiger partial charge is 0.161 e. The van der Waals surface area contributed by atoms with Gasteiger partial charge in [-0.25, -0.2) is 0 Å². The Morgan fingerprint density at radius 3 is 2.75 bits per heavy atom. The number of ether oxygens (including phenoxy) is 3. The van der Waals surface area contributed by atoms with E-state index >= 15 is 0 Å². The number of fused-ring (bicyclic) bond motifs is 1. The number of hydrogen-bond acceptors (Lipinski definition) is 5. The van der Waals surface area contributed by atoms with Crippen molar-refractivity contribution in [2.75, 3.05) is 20.3 Å². The highest BCUT2D eigenvalue weighted by Gasteiger charge is 2.17. The molecule has 1 N–H and O–H groups in total. The van der Waals surface area contributed by atoms with Crippen LogP contribution in [-0.4, -0.2) is 25.4 Å². The van der Waals surface area contributed by atoms with Crippen molar-refractivity contribution in [1.29, 1.82) is 0 Å². The predicted octanol–water partition coefficient (Wildman–Crippen LogP) is 3.00. The summed E-state index contributed by atoms with van der Waals surface area (Å²) in [5.74, 6) is 2.20. The van der Waals surface area contributed by atoms with Crippen molar-refractivity contribution in [3.05, 3.63) is 40.1 Å². The monoisotopic (exact) mass is 292 g/mol. The third-order valence-electron chi connectivity index (χ3n) is 3.19. The first-order chi connectivity index (χ1) is 9.78. The van der Waals surface area contributed by atoms with E-state index in [9.17, 15) is 5.11 Å². The first-order valence-electron chi connectivity index (χ1n) is 6.48. The molecule has 4 nitrogen and oxygen atoms in total. The topological polar surface area (TPSA) is 47.9 Å². The van der Waals surface area contributed by atoms with Crippen LogP contribution in [0.5, 0.6) is 17.2 Å². The molecule has 0 fully saturated rings. The second-order valence-electron chi connectivity index (χ2n) is 4.55. The van der Waals surface area contributed by atoms with E-state index in [2.05, 4.69) is 0 Å². The zero-order valence-electron chi connectivity index (χ0n) is 11.2. The van der Waals surface area contributed by atoms with Crippen LogP contribution >= 0.6 is 11.3 Å². The molecule has 0 amide bonds. The molecule has 0 spiro atoms. The molecule has 1 unspecified atom stereocenters. The van der Waals surface area contributed by atoms with Gasteiger partial charge in [-0.2, -0.15) is 0 Å². The molecule has 0 bridgehead atoms. The van der Waals surface area contributed by atoms with Crippen LogP contribution in [0.25, 0.3) is 0 Å². The van der Waals surface area contributed by atoms with Crippen molar-refractivity contribution in [1.82, 2.24) is 0 Å². The van der Waals surface area contributed by atoms with Crippen molar-refractivity contribution in [3.8, 4) is 17.2 Å². The SMILES string of the molecule is COc1csc(C(O)c2ccc3c(c2)OCCCO3)c1. The molecule has 2 aromatic rings. The Morgan fingerprint density at radius 2 is 2.00 bits per heavy atom. The molecule has 0 saturated carbocycles. The zero-order chi connectivity index (χ0) is 13.9. The van der Waals surface area contributed by atoms with Crippen molar-refractivity contribution in [3.63, 3.8) is 0 Å². The highest BCUT2D eigenvalue weighted by Crippen LogP contribution is 2.36. The van der Waals surface area contributed by atoms with Gasteiger partial charge in [0.15, 0.2) is 11.5 Å². The fourth-order valence-electron chi connectivity index (χ4n) is 2.10. The number of rotatable bonds is 3. The van der Waals surface area contributed by atoms with Crippen LogP contribution in [0, 0.1) is 0 Å². The number of aliphatic hydroxyl groups is 1. The van der Waals surface area contributed by atoms with E-state index in [1.807, 2.05) is 29.6 Å². The van der Waals surface area contributed by atoms with E-state index in [4.69, 9.17) is 14.2 Å². The predicted molar refractivity (Wildman–Crippen MR) is 77.0 cm³/mol. The quantitative estimate of drug-likeness (QED) is 0.944. The van der Waals surface area contributed by atoms with Gasteiger partial charge in [-0.3, -0.25) is 0 Å². The van der Waals surface area contributed by atoms with Gasteiger partial charge in [0, 0.05) is 16.7 Å². The summed E-state index contributed by atoms with van der Waals surface area (Å²) in [4.78, 5) is 0.844. The first-order valence-corrected chi connectivity index (χ1v) is 7.36. The summed E-state index contributed by atoms with van der Waals surface area (Å²) in [6.45, 7) is 1.30. The summed E-state index contributed by atoms with van der Waals surface area (Å²) < 4.78 is 16.4. The van der Waals surface area contributed by atoms with Gasteiger partial charge in [0.1, 0.15) is 11.9 Å². The van der Waals surface area contributed by atoms with Crippen LogP contribution in [0.15, 0.2) is 29.6 Å². The molecule has 1 aliphatic heterocycles. The fourth-order valence-corrected chi connectivity index (χ4v) is 2.96. The van der Waals surface area contributed by atoms with Crippen molar-refractivity contribution >= 4 is 11.3 Å². The molecule has 0 radical (unpaired) electrons. The Kier molecular flexibility index (Phi) is 3.80. The molecule has 20 heavy (non-hydrogen) atoms. The third-order valence-corrected chi connectivity index (χ3v) is 4.15. The van der Waals surface area contributed by atoms with Gasteiger partial charge in [0.05, 0.1) is 20.3 Å². The molecule has 106 valence electrons. The zero-order valence-corrected chi connectivity index (χ0v) is 12.0. The Bertz CT molecular complexity index is 593. The molecule has 1 atom stereocenters. The van der Waals surface area contributed by atoms with E-state index in [1.54, 1.807) is 7.11 Å². The van der Waals surface area contributed by atoms with Crippen molar-refractivity contribution in [2.24, 2.45) is 0 Å². The Balaban J connectivity index is 1.87. The molecular weight excluding hydrogens is 276 g/mol. The van der Waals surface area contributed by atoms with Crippen LogP contribution in [0.4, 0.5) is 0 Å². The average Bonchev–Trinajstić information content (AvgIpc) is 2.84. The maximum absolute atomic E-state index is 10.4. The maximum atomic E-state index is 10.4. The second kappa shape index (κ2) is 5.73. The molecule has 1 aliphatic rings. The number of hydrogen-bond donors (Lipinski definition) is 1. The molecule has 2 heterocycles. The minimum Gasteiger partial charge on any atom is -0.496 e. The summed E-state index contributed by atoms with van der Waals surface area (Å²) in [6.07, 6.45) is 0.190. The van der Waals surface area contributed by atoms with Gasteiger partial charge in [0.25, 0.3) is 0 Å². The van der Waals surface area contributed by atoms with Gasteiger partial charge in [-0.05, 0) is 23.8 Å². The molecule has 3 rings (SSSR count). The van der Waals surface area contributed by atoms with E-state index in [0.29, 0.717) is 19.0 Å². The fraction of sp³-hybridized carbons (Fsp3) is 0.333. The minimum atomic E-state index is -0.680. The second-order valence-corrected chi connectivity index (χ2v) is 5.49. The molecule has 0 saturated heterocycles. The Hall–Kier alpha value is -1.72. The van der Waals surface area contributed by atoms with Crippen LogP contribution in [0.2, 0.25) is 0 Å². The van der Waals surface area contributed by atoms with E-state index in [1.165, 1.54) is 11.3 Å². The largest absolute Gasteiger partial charge is 0.496 e. The van der Waals surface area contributed by atoms with Crippen LogP contribution < -0.4 is 14.2 Å². The van der Waals surface area contributed by atoms with Gasteiger partial charge in [-0.1, -0.05) is 6.07 Å². The number of methoxy groups -OCH3 is 1. The van der Waals surface area contributed by atoms with E-state index < -0.39 is 6.10 Å². The molecular formula is C15H16O4S. The molecule has 5 heteroatoms. The summed E-state index contributed by atoms with van der Waals surface area (Å²) in [7, 11) is 1.62.